The highest BCUT2D eigenvalue weighted by Crippen LogP contribution is 2.47. The first-order chi connectivity index (χ1) is 10.4. The maximum Gasteiger partial charge on any atom is 0.319 e. The number of amides is 2. The van der Waals surface area contributed by atoms with Gasteiger partial charge >= 0.3 is 5.97 Å². The molecule has 1 aromatic rings. The van der Waals surface area contributed by atoms with Crippen molar-refractivity contribution in [1.29, 1.82) is 0 Å². The number of nitrogens with one attached hydrogen (secondary N) is 1. The van der Waals surface area contributed by atoms with E-state index in [2.05, 4.69) is 11.2 Å². The summed E-state index contributed by atoms with van der Waals surface area (Å²) in [5, 5.41) is 11.7. The van der Waals surface area contributed by atoms with Crippen LogP contribution in [0.15, 0.2) is 24.3 Å². The summed E-state index contributed by atoms with van der Waals surface area (Å²) >= 11 is 0. The molecule has 1 aromatic carbocycles. The third-order valence-corrected chi connectivity index (χ3v) is 3.61. The monoisotopic (exact) mass is 300 g/mol. The molecule has 0 saturated heterocycles. The summed E-state index contributed by atoms with van der Waals surface area (Å²) in [6.07, 6.45) is 5.92. The summed E-state index contributed by atoms with van der Waals surface area (Å²) in [4.78, 5) is 36.3. The summed E-state index contributed by atoms with van der Waals surface area (Å²) < 4.78 is 0. The Labute approximate surface area is 128 Å². The lowest BCUT2D eigenvalue weighted by Gasteiger charge is -2.20. The Hall–Kier alpha value is -2.81. The number of rotatable bonds is 5. The van der Waals surface area contributed by atoms with Gasteiger partial charge in [0.25, 0.3) is 0 Å². The zero-order chi connectivity index (χ0) is 16.3. The molecule has 0 radical (unpaired) electrons. The zero-order valence-corrected chi connectivity index (χ0v) is 12.1. The Kier molecular flexibility index (Phi) is 4.18. The highest BCUT2D eigenvalue weighted by Gasteiger charge is 2.58. The second-order valence-corrected chi connectivity index (χ2v) is 5.32. The van der Waals surface area contributed by atoms with Gasteiger partial charge in [-0.15, -0.1) is 6.42 Å². The molecule has 1 aliphatic rings. The Morgan fingerprint density at radius 2 is 2.09 bits per heavy atom. The first-order valence-corrected chi connectivity index (χ1v) is 6.74. The molecular weight excluding hydrogens is 284 g/mol. The normalized spacial score (nSPS) is 14.5. The molecule has 1 aliphatic carbocycles. The lowest BCUT2D eigenvalue weighted by atomic mass is 10.1. The molecule has 1 fully saturated rings. The maximum atomic E-state index is 12.1. The van der Waals surface area contributed by atoms with Crippen LogP contribution in [0.3, 0.4) is 0 Å². The van der Waals surface area contributed by atoms with Crippen LogP contribution < -0.4 is 5.32 Å². The fraction of sp³-hybridized carbons (Fsp3) is 0.312. The molecule has 0 unspecified atom stereocenters. The summed E-state index contributed by atoms with van der Waals surface area (Å²) in [5.41, 5.74) is -0.177. The molecule has 0 aliphatic heterocycles. The fourth-order valence-corrected chi connectivity index (χ4v) is 2.18. The van der Waals surface area contributed by atoms with Gasteiger partial charge in [0.1, 0.15) is 5.41 Å². The predicted molar refractivity (Wildman–Crippen MR) is 79.9 cm³/mol. The van der Waals surface area contributed by atoms with E-state index in [-0.39, 0.29) is 6.54 Å². The topological polar surface area (TPSA) is 86.7 Å². The van der Waals surface area contributed by atoms with Crippen molar-refractivity contribution in [3.05, 3.63) is 29.8 Å². The summed E-state index contributed by atoms with van der Waals surface area (Å²) in [6.45, 7) is -0.214. The van der Waals surface area contributed by atoms with Crippen LogP contribution in [0, 0.1) is 17.8 Å². The van der Waals surface area contributed by atoms with Crippen LogP contribution in [-0.2, 0) is 14.4 Å². The highest BCUT2D eigenvalue weighted by molar-refractivity contribution is 6.06. The fourth-order valence-electron chi connectivity index (χ4n) is 2.18. The van der Waals surface area contributed by atoms with Gasteiger partial charge in [-0.05, 0) is 31.0 Å². The molecule has 0 atom stereocenters. The Bertz CT molecular complexity index is 671. The third-order valence-electron chi connectivity index (χ3n) is 3.61. The summed E-state index contributed by atoms with van der Waals surface area (Å²) in [6, 6.07) is 6.76. The SMILES string of the molecule is C#Cc1cccc(NC(=O)CN(C)C(=O)C2(C(=O)O)CC2)c1. The lowest BCUT2D eigenvalue weighted by Crippen LogP contribution is -2.42. The lowest BCUT2D eigenvalue weighted by molar-refractivity contribution is -0.153. The second kappa shape index (κ2) is 5.90. The van der Waals surface area contributed by atoms with E-state index in [1.54, 1.807) is 24.3 Å². The number of carboxylic acids is 1. The van der Waals surface area contributed by atoms with E-state index >= 15 is 0 Å². The van der Waals surface area contributed by atoms with Gasteiger partial charge in [-0.1, -0.05) is 12.0 Å². The first-order valence-electron chi connectivity index (χ1n) is 6.74. The number of terminal acetylenes is 1. The van der Waals surface area contributed by atoms with Crippen molar-refractivity contribution in [1.82, 2.24) is 4.90 Å². The minimum atomic E-state index is -1.33. The molecule has 2 N–H and O–H groups in total. The van der Waals surface area contributed by atoms with E-state index < -0.39 is 23.2 Å². The molecule has 0 aromatic heterocycles. The van der Waals surface area contributed by atoms with Gasteiger partial charge in [-0.25, -0.2) is 0 Å². The molecule has 0 bridgehead atoms. The second-order valence-electron chi connectivity index (χ2n) is 5.32. The molecule has 6 nitrogen and oxygen atoms in total. The van der Waals surface area contributed by atoms with Gasteiger partial charge in [-0.2, -0.15) is 0 Å². The maximum absolute atomic E-state index is 12.1. The molecule has 114 valence electrons. The van der Waals surface area contributed by atoms with E-state index in [4.69, 9.17) is 11.5 Å². The number of hydrogen-bond acceptors (Lipinski definition) is 3. The number of likely N-dealkylation sites (N-methyl/N-ethyl adjacent to an activating group) is 1. The van der Waals surface area contributed by atoms with E-state index in [1.165, 1.54) is 7.05 Å². The van der Waals surface area contributed by atoms with Crippen molar-refractivity contribution in [3.63, 3.8) is 0 Å². The molecule has 2 rings (SSSR count). The van der Waals surface area contributed by atoms with Gasteiger partial charge in [0.2, 0.25) is 11.8 Å². The molecule has 6 heteroatoms. The van der Waals surface area contributed by atoms with Gasteiger partial charge < -0.3 is 15.3 Å². The molecule has 0 heterocycles. The van der Waals surface area contributed by atoms with Crippen molar-refractivity contribution in [2.24, 2.45) is 5.41 Å². The number of aliphatic carboxylic acids is 1. The van der Waals surface area contributed by atoms with E-state index in [9.17, 15) is 14.4 Å². The number of carbonyl (C=O) groups excluding carboxylic acids is 2. The Morgan fingerprint density at radius 3 is 2.64 bits per heavy atom. The highest BCUT2D eigenvalue weighted by atomic mass is 16.4. The van der Waals surface area contributed by atoms with Crippen LogP contribution >= 0.6 is 0 Å². The predicted octanol–water partition coefficient (Wildman–Crippen LogP) is 0.930. The molecule has 2 amide bonds. The largest absolute Gasteiger partial charge is 0.480 e. The number of benzene rings is 1. The van der Waals surface area contributed by atoms with Crippen molar-refractivity contribution < 1.29 is 19.5 Å². The van der Waals surface area contributed by atoms with E-state index in [0.717, 1.165) is 4.90 Å². The van der Waals surface area contributed by atoms with Crippen LogP contribution in [0.1, 0.15) is 18.4 Å². The molecular formula is C16H16N2O4. The Morgan fingerprint density at radius 1 is 1.41 bits per heavy atom. The van der Waals surface area contributed by atoms with E-state index in [0.29, 0.717) is 24.1 Å². The number of carboxylic acid groups (broad SMARTS) is 1. The minimum absolute atomic E-state index is 0.214. The number of anilines is 1. The quantitative estimate of drug-likeness (QED) is 0.625. The van der Waals surface area contributed by atoms with Gasteiger partial charge in [0.05, 0.1) is 6.54 Å². The van der Waals surface area contributed by atoms with Crippen molar-refractivity contribution >= 4 is 23.5 Å². The molecule has 1 saturated carbocycles. The van der Waals surface area contributed by atoms with Crippen LogP contribution in [0.2, 0.25) is 0 Å². The van der Waals surface area contributed by atoms with Crippen molar-refractivity contribution in [3.8, 4) is 12.3 Å². The average molecular weight is 300 g/mol. The number of hydrogen-bond donors (Lipinski definition) is 2. The van der Waals surface area contributed by atoms with Crippen molar-refractivity contribution in [2.45, 2.75) is 12.8 Å². The smallest absolute Gasteiger partial charge is 0.319 e. The van der Waals surface area contributed by atoms with Gasteiger partial charge in [0, 0.05) is 18.3 Å². The first kappa shape index (κ1) is 15.6. The zero-order valence-electron chi connectivity index (χ0n) is 12.1. The van der Waals surface area contributed by atoms with Gasteiger partial charge in [-0.3, -0.25) is 14.4 Å². The van der Waals surface area contributed by atoms with Gasteiger partial charge in [0.15, 0.2) is 0 Å². The summed E-state index contributed by atoms with van der Waals surface area (Å²) in [5.74, 6) is 0.381. The number of carbonyl (C=O) groups is 3. The van der Waals surface area contributed by atoms with Crippen molar-refractivity contribution in [2.75, 3.05) is 18.9 Å². The van der Waals surface area contributed by atoms with Crippen LogP contribution in [0.4, 0.5) is 5.69 Å². The number of nitrogens with zero attached hydrogens (tertiary/aromatic N) is 1. The Balaban J connectivity index is 1.96. The van der Waals surface area contributed by atoms with Crippen LogP contribution in [0.25, 0.3) is 0 Å². The standard InChI is InChI=1S/C16H16N2O4/c1-3-11-5-4-6-12(9-11)17-13(19)10-18(2)14(20)16(7-8-16)15(21)22/h1,4-6,9H,7-8,10H2,2H3,(H,17,19)(H,21,22). The van der Waals surface area contributed by atoms with Crippen LogP contribution in [0.5, 0.6) is 0 Å². The van der Waals surface area contributed by atoms with E-state index in [1.807, 2.05) is 0 Å². The summed E-state index contributed by atoms with van der Waals surface area (Å²) in [7, 11) is 1.42. The molecule has 0 spiro atoms. The average Bonchev–Trinajstić information content (AvgIpc) is 3.28. The third kappa shape index (κ3) is 3.09. The minimum Gasteiger partial charge on any atom is -0.480 e. The molecule has 22 heavy (non-hydrogen) atoms. The van der Waals surface area contributed by atoms with Crippen LogP contribution in [-0.4, -0.2) is 41.4 Å².